The van der Waals surface area contributed by atoms with Gasteiger partial charge in [-0.25, -0.2) is 9.97 Å². The van der Waals surface area contributed by atoms with Crippen molar-refractivity contribution in [1.82, 2.24) is 9.97 Å². The molecule has 106 valence electrons. The van der Waals surface area contributed by atoms with Gasteiger partial charge in [-0.05, 0) is 12.1 Å². The fourth-order valence-corrected chi connectivity index (χ4v) is 1.99. The van der Waals surface area contributed by atoms with Crippen molar-refractivity contribution in [2.75, 3.05) is 5.32 Å². The number of halogens is 3. The number of amides is 1. The normalized spacial score (nSPS) is 11.4. The van der Waals surface area contributed by atoms with Crippen molar-refractivity contribution in [1.29, 1.82) is 0 Å². The predicted octanol–water partition coefficient (Wildman–Crippen LogP) is 2.27. The summed E-state index contributed by atoms with van der Waals surface area (Å²) in [5.41, 5.74) is 4.67. The van der Waals surface area contributed by atoms with Crippen molar-refractivity contribution in [2.45, 2.75) is 12.7 Å². The maximum Gasteiger partial charge on any atom is 0.433 e. The summed E-state index contributed by atoms with van der Waals surface area (Å²) in [5, 5.41) is 4.53. The molecule has 5 nitrogen and oxygen atoms in total. The van der Waals surface area contributed by atoms with E-state index in [0.29, 0.717) is 5.01 Å². The van der Waals surface area contributed by atoms with Crippen LogP contribution in [0.15, 0.2) is 23.7 Å². The number of pyridine rings is 1. The first-order valence-corrected chi connectivity index (χ1v) is 6.27. The van der Waals surface area contributed by atoms with E-state index in [1.807, 2.05) is 0 Å². The van der Waals surface area contributed by atoms with Crippen molar-refractivity contribution in [3.05, 3.63) is 40.1 Å². The molecule has 0 aliphatic heterocycles. The van der Waals surface area contributed by atoms with E-state index in [1.54, 1.807) is 0 Å². The molecular formula is C11H9F3N4OS. The summed E-state index contributed by atoms with van der Waals surface area (Å²) in [6.45, 7) is 0.222. The molecule has 2 aromatic heterocycles. The molecule has 0 spiro atoms. The molecule has 0 saturated carbocycles. The number of nitrogens with two attached hydrogens (primary N) is 1. The smallest absolute Gasteiger partial charge is 0.325 e. The molecule has 0 unspecified atom stereocenters. The molecule has 3 N–H and O–H groups in total. The quantitative estimate of drug-likeness (QED) is 0.911. The Balaban J connectivity index is 2.08. The molecular weight excluding hydrogens is 293 g/mol. The number of rotatable bonds is 3. The van der Waals surface area contributed by atoms with Crippen LogP contribution in [0.1, 0.15) is 21.2 Å². The minimum absolute atomic E-state index is 0.158. The number of carbonyl (C=O) groups excluding carboxylic acids is 1. The van der Waals surface area contributed by atoms with Crippen molar-refractivity contribution >= 4 is 22.9 Å². The van der Waals surface area contributed by atoms with E-state index < -0.39 is 17.8 Å². The zero-order chi connectivity index (χ0) is 14.8. The van der Waals surface area contributed by atoms with Crippen LogP contribution < -0.4 is 11.1 Å². The molecule has 2 rings (SSSR count). The van der Waals surface area contributed by atoms with E-state index in [1.165, 1.54) is 16.7 Å². The van der Waals surface area contributed by atoms with Crippen molar-refractivity contribution in [3.63, 3.8) is 0 Å². The Labute approximate surface area is 115 Å². The average Bonchev–Trinajstić information content (AvgIpc) is 2.87. The Morgan fingerprint density at radius 1 is 1.40 bits per heavy atom. The minimum atomic E-state index is -4.51. The third-order valence-corrected chi connectivity index (χ3v) is 3.14. The second kappa shape index (κ2) is 5.55. The second-order valence-electron chi connectivity index (χ2n) is 3.71. The van der Waals surface area contributed by atoms with Gasteiger partial charge in [0.15, 0.2) is 0 Å². The topological polar surface area (TPSA) is 80.9 Å². The molecule has 0 aromatic carbocycles. The first kappa shape index (κ1) is 14.4. The SMILES string of the molecule is NCc1nc(C(=O)Nc2ccc(C(F)(F)F)nc2)cs1. The van der Waals surface area contributed by atoms with Crippen LogP contribution in [0.4, 0.5) is 18.9 Å². The van der Waals surface area contributed by atoms with Crippen LogP contribution in [0.5, 0.6) is 0 Å². The lowest BCUT2D eigenvalue weighted by Gasteiger charge is -2.07. The number of anilines is 1. The summed E-state index contributed by atoms with van der Waals surface area (Å²) in [6.07, 6.45) is -3.57. The highest BCUT2D eigenvalue weighted by Gasteiger charge is 2.32. The highest BCUT2D eigenvalue weighted by molar-refractivity contribution is 7.09. The van der Waals surface area contributed by atoms with Gasteiger partial charge in [-0.15, -0.1) is 11.3 Å². The van der Waals surface area contributed by atoms with Gasteiger partial charge in [0.05, 0.1) is 11.9 Å². The van der Waals surface area contributed by atoms with Gasteiger partial charge in [0, 0.05) is 11.9 Å². The minimum Gasteiger partial charge on any atom is -0.325 e. The van der Waals surface area contributed by atoms with Crippen LogP contribution in [-0.2, 0) is 12.7 Å². The molecule has 2 heterocycles. The summed E-state index contributed by atoms with van der Waals surface area (Å²) in [4.78, 5) is 19.0. The van der Waals surface area contributed by atoms with Gasteiger partial charge in [0.2, 0.25) is 0 Å². The van der Waals surface area contributed by atoms with Crippen LogP contribution in [0.25, 0.3) is 0 Å². The number of aromatic nitrogens is 2. The highest BCUT2D eigenvalue weighted by atomic mass is 32.1. The maximum atomic E-state index is 12.3. The molecule has 0 radical (unpaired) electrons. The molecule has 0 aliphatic carbocycles. The standard InChI is InChI=1S/C11H9F3N4OS/c12-11(13,14)8-2-1-6(4-16-8)17-10(19)7-5-20-9(3-15)18-7/h1-2,4-5H,3,15H2,(H,17,19). The fraction of sp³-hybridized carbons (Fsp3) is 0.182. The first-order chi connectivity index (χ1) is 9.40. The van der Waals surface area contributed by atoms with E-state index in [2.05, 4.69) is 15.3 Å². The van der Waals surface area contributed by atoms with Crippen LogP contribution in [0.3, 0.4) is 0 Å². The monoisotopic (exact) mass is 302 g/mol. The highest BCUT2D eigenvalue weighted by Crippen LogP contribution is 2.27. The number of hydrogen-bond acceptors (Lipinski definition) is 5. The Morgan fingerprint density at radius 3 is 2.65 bits per heavy atom. The van der Waals surface area contributed by atoms with Gasteiger partial charge in [-0.3, -0.25) is 4.79 Å². The lowest BCUT2D eigenvalue weighted by molar-refractivity contribution is -0.141. The third kappa shape index (κ3) is 3.31. The van der Waals surface area contributed by atoms with Crippen molar-refractivity contribution < 1.29 is 18.0 Å². The molecule has 9 heteroatoms. The Morgan fingerprint density at radius 2 is 2.15 bits per heavy atom. The van der Waals surface area contributed by atoms with E-state index in [4.69, 9.17) is 5.73 Å². The Hall–Kier alpha value is -2.00. The lowest BCUT2D eigenvalue weighted by atomic mass is 10.3. The zero-order valence-corrected chi connectivity index (χ0v) is 10.8. The van der Waals surface area contributed by atoms with Gasteiger partial charge in [0.25, 0.3) is 5.91 Å². The maximum absolute atomic E-state index is 12.3. The molecule has 2 aromatic rings. The second-order valence-corrected chi connectivity index (χ2v) is 4.66. The van der Waals surface area contributed by atoms with E-state index in [9.17, 15) is 18.0 Å². The summed E-state index contributed by atoms with van der Waals surface area (Å²) >= 11 is 1.23. The van der Waals surface area contributed by atoms with E-state index in [0.717, 1.165) is 18.3 Å². The van der Waals surface area contributed by atoms with E-state index >= 15 is 0 Å². The number of hydrogen-bond donors (Lipinski definition) is 2. The van der Waals surface area contributed by atoms with Crippen molar-refractivity contribution in [3.8, 4) is 0 Å². The van der Waals surface area contributed by atoms with Crippen molar-refractivity contribution in [2.24, 2.45) is 5.73 Å². The molecule has 0 atom stereocenters. The molecule has 20 heavy (non-hydrogen) atoms. The van der Waals surface area contributed by atoms with Crippen LogP contribution in [0.2, 0.25) is 0 Å². The van der Waals surface area contributed by atoms with E-state index in [-0.39, 0.29) is 17.9 Å². The summed E-state index contributed by atoms with van der Waals surface area (Å²) in [5.74, 6) is -0.525. The van der Waals surface area contributed by atoms with Crippen LogP contribution in [-0.4, -0.2) is 15.9 Å². The number of nitrogens with zero attached hydrogens (tertiary/aromatic N) is 2. The molecule has 0 saturated heterocycles. The fourth-order valence-electron chi connectivity index (χ4n) is 1.34. The number of carbonyl (C=O) groups is 1. The summed E-state index contributed by atoms with van der Waals surface area (Å²) < 4.78 is 37.0. The van der Waals surface area contributed by atoms with Crippen LogP contribution >= 0.6 is 11.3 Å². The average molecular weight is 302 g/mol. The Kier molecular flexibility index (Phi) is 4.00. The number of thiazole rings is 1. The summed E-state index contributed by atoms with van der Waals surface area (Å²) in [6, 6.07) is 1.92. The van der Waals surface area contributed by atoms with Gasteiger partial charge >= 0.3 is 6.18 Å². The lowest BCUT2D eigenvalue weighted by Crippen LogP contribution is -2.14. The van der Waals surface area contributed by atoms with Gasteiger partial charge < -0.3 is 11.1 Å². The summed E-state index contributed by atoms with van der Waals surface area (Å²) in [7, 11) is 0. The molecule has 0 aliphatic rings. The van der Waals surface area contributed by atoms with Gasteiger partial charge in [-0.1, -0.05) is 0 Å². The third-order valence-electron chi connectivity index (χ3n) is 2.27. The largest absolute Gasteiger partial charge is 0.433 e. The molecule has 0 bridgehead atoms. The van der Waals surface area contributed by atoms with Crippen LogP contribution in [0, 0.1) is 0 Å². The van der Waals surface area contributed by atoms with Gasteiger partial charge in [-0.2, -0.15) is 13.2 Å². The number of alkyl halides is 3. The predicted molar refractivity (Wildman–Crippen MR) is 67.2 cm³/mol. The number of nitrogens with one attached hydrogen (secondary N) is 1. The zero-order valence-electron chi connectivity index (χ0n) is 9.94. The Bertz CT molecular complexity index is 609. The first-order valence-electron chi connectivity index (χ1n) is 5.39. The van der Waals surface area contributed by atoms with Gasteiger partial charge in [0.1, 0.15) is 16.4 Å². The molecule has 1 amide bonds. The molecule has 0 fully saturated rings.